The van der Waals surface area contributed by atoms with Crippen molar-refractivity contribution >= 4 is 5.91 Å². The zero-order chi connectivity index (χ0) is 20.3. The summed E-state index contributed by atoms with van der Waals surface area (Å²) in [7, 11) is 0. The molecule has 0 aliphatic heterocycles. The van der Waals surface area contributed by atoms with Crippen molar-refractivity contribution in [1.82, 2.24) is 5.32 Å². The number of carbonyl (C=O) groups is 1. The molecule has 1 amide bonds. The SMILES string of the molecule is CCCCCCCCCCCCCCCCCC(=O)NCc1ccccc1F. The monoisotopic (exact) mass is 391 g/mol. The lowest BCUT2D eigenvalue weighted by Crippen LogP contribution is -2.22. The second kappa shape index (κ2) is 17.7. The number of hydrogen-bond donors (Lipinski definition) is 1. The minimum absolute atomic E-state index is 0.0259. The summed E-state index contributed by atoms with van der Waals surface area (Å²) in [4.78, 5) is 11.8. The number of amides is 1. The van der Waals surface area contributed by atoms with Crippen LogP contribution in [0.25, 0.3) is 0 Å². The van der Waals surface area contributed by atoms with Crippen molar-refractivity contribution in [3.8, 4) is 0 Å². The Labute approximate surface area is 172 Å². The van der Waals surface area contributed by atoms with Crippen molar-refractivity contribution in [3.63, 3.8) is 0 Å². The number of rotatable bonds is 18. The fourth-order valence-corrected chi connectivity index (χ4v) is 3.58. The van der Waals surface area contributed by atoms with Crippen LogP contribution in [-0.2, 0) is 11.3 Å². The lowest BCUT2D eigenvalue weighted by Gasteiger charge is -2.06. The Kier molecular flexibility index (Phi) is 15.6. The van der Waals surface area contributed by atoms with Crippen molar-refractivity contribution in [2.75, 3.05) is 0 Å². The van der Waals surface area contributed by atoms with E-state index in [2.05, 4.69) is 12.2 Å². The smallest absolute Gasteiger partial charge is 0.220 e. The van der Waals surface area contributed by atoms with Crippen molar-refractivity contribution in [1.29, 1.82) is 0 Å². The van der Waals surface area contributed by atoms with Gasteiger partial charge in [0.25, 0.3) is 0 Å². The highest BCUT2D eigenvalue weighted by Crippen LogP contribution is 2.13. The second-order valence-corrected chi connectivity index (χ2v) is 8.07. The maximum Gasteiger partial charge on any atom is 0.220 e. The van der Waals surface area contributed by atoms with Crippen molar-refractivity contribution < 1.29 is 9.18 Å². The van der Waals surface area contributed by atoms with Gasteiger partial charge in [-0.3, -0.25) is 4.79 Å². The predicted molar refractivity (Wildman–Crippen MR) is 118 cm³/mol. The minimum Gasteiger partial charge on any atom is -0.352 e. The molecule has 0 aromatic heterocycles. The minimum atomic E-state index is -0.255. The van der Waals surface area contributed by atoms with Crippen LogP contribution in [0.2, 0.25) is 0 Å². The lowest BCUT2D eigenvalue weighted by atomic mass is 10.0. The van der Waals surface area contributed by atoms with Crippen molar-refractivity contribution in [3.05, 3.63) is 35.6 Å². The van der Waals surface area contributed by atoms with E-state index < -0.39 is 0 Å². The third-order valence-electron chi connectivity index (χ3n) is 5.44. The standard InChI is InChI=1S/C25H42FNO/c1-2-3-4-5-6-7-8-9-10-11-12-13-14-15-16-21-25(28)27-22-23-19-17-18-20-24(23)26/h17-20H,2-16,21-22H2,1H3,(H,27,28). The quantitative estimate of drug-likeness (QED) is 0.255. The van der Waals surface area contributed by atoms with Crippen LogP contribution in [0.4, 0.5) is 4.39 Å². The molecule has 0 aliphatic rings. The molecule has 0 heterocycles. The van der Waals surface area contributed by atoms with E-state index in [4.69, 9.17) is 0 Å². The molecule has 0 spiro atoms. The highest BCUT2D eigenvalue weighted by molar-refractivity contribution is 5.75. The number of hydrogen-bond acceptors (Lipinski definition) is 1. The molecule has 0 saturated heterocycles. The van der Waals surface area contributed by atoms with E-state index >= 15 is 0 Å². The Balaban J connectivity index is 1.81. The summed E-state index contributed by atoms with van der Waals surface area (Å²) >= 11 is 0. The van der Waals surface area contributed by atoms with Gasteiger partial charge in [-0.15, -0.1) is 0 Å². The first-order valence-electron chi connectivity index (χ1n) is 11.7. The average Bonchev–Trinajstić information content (AvgIpc) is 2.70. The number of carbonyl (C=O) groups excluding carboxylic acids is 1. The highest BCUT2D eigenvalue weighted by atomic mass is 19.1. The van der Waals surface area contributed by atoms with E-state index in [9.17, 15) is 9.18 Å². The van der Waals surface area contributed by atoms with Crippen LogP contribution in [0.15, 0.2) is 24.3 Å². The van der Waals surface area contributed by atoms with Gasteiger partial charge in [-0.1, -0.05) is 115 Å². The van der Waals surface area contributed by atoms with Crippen LogP contribution in [-0.4, -0.2) is 5.91 Å². The maximum atomic E-state index is 13.5. The molecule has 1 rings (SSSR count). The van der Waals surface area contributed by atoms with Gasteiger partial charge in [0.2, 0.25) is 5.91 Å². The third-order valence-corrected chi connectivity index (χ3v) is 5.44. The van der Waals surface area contributed by atoms with Crippen LogP contribution < -0.4 is 5.32 Å². The number of halogens is 1. The Bertz CT molecular complexity index is 503. The molecule has 0 bridgehead atoms. The van der Waals surface area contributed by atoms with E-state index in [1.165, 1.54) is 89.5 Å². The Morgan fingerprint density at radius 2 is 1.21 bits per heavy atom. The van der Waals surface area contributed by atoms with Crippen LogP contribution >= 0.6 is 0 Å². The van der Waals surface area contributed by atoms with Gasteiger partial charge in [-0.2, -0.15) is 0 Å². The first kappa shape index (κ1) is 24.7. The molecule has 0 saturated carbocycles. The van der Waals surface area contributed by atoms with Crippen LogP contribution in [0.5, 0.6) is 0 Å². The van der Waals surface area contributed by atoms with Gasteiger partial charge in [0.05, 0.1) is 0 Å². The second-order valence-electron chi connectivity index (χ2n) is 8.07. The highest BCUT2D eigenvalue weighted by Gasteiger charge is 2.04. The van der Waals surface area contributed by atoms with E-state index in [0.29, 0.717) is 12.0 Å². The summed E-state index contributed by atoms with van der Waals surface area (Å²) in [6, 6.07) is 6.59. The normalized spacial score (nSPS) is 10.9. The van der Waals surface area contributed by atoms with Gasteiger partial charge in [-0.25, -0.2) is 4.39 Å². The molecule has 0 radical (unpaired) electrons. The zero-order valence-corrected chi connectivity index (χ0v) is 18.1. The van der Waals surface area contributed by atoms with Gasteiger partial charge in [0.15, 0.2) is 0 Å². The summed E-state index contributed by atoms with van der Waals surface area (Å²) in [6.07, 6.45) is 20.4. The number of benzene rings is 1. The molecule has 0 unspecified atom stereocenters. The van der Waals surface area contributed by atoms with E-state index in [-0.39, 0.29) is 18.3 Å². The van der Waals surface area contributed by atoms with Gasteiger partial charge in [-0.05, 0) is 12.5 Å². The zero-order valence-electron chi connectivity index (χ0n) is 18.1. The topological polar surface area (TPSA) is 29.1 Å². The molecule has 0 atom stereocenters. The molecular formula is C25H42FNO. The van der Waals surface area contributed by atoms with Gasteiger partial charge < -0.3 is 5.32 Å². The summed E-state index contributed by atoms with van der Waals surface area (Å²) < 4.78 is 13.5. The van der Waals surface area contributed by atoms with Crippen molar-refractivity contribution in [2.24, 2.45) is 0 Å². The largest absolute Gasteiger partial charge is 0.352 e. The fourth-order valence-electron chi connectivity index (χ4n) is 3.58. The van der Waals surface area contributed by atoms with E-state index in [0.717, 1.165) is 12.8 Å². The fraction of sp³-hybridized carbons (Fsp3) is 0.720. The molecule has 3 heteroatoms. The molecule has 160 valence electrons. The molecule has 28 heavy (non-hydrogen) atoms. The molecule has 0 fully saturated rings. The van der Waals surface area contributed by atoms with Crippen LogP contribution in [0.3, 0.4) is 0 Å². The van der Waals surface area contributed by atoms with Crippen molar-refractivity contribution in [2.45, 2.75) is 116 Å². The van der Waals surface area contributed by atoms with Gasteiger partial charge in [0, 0.05) is 18.5 Å². The van der Waals surface area contributed by atoms with Gasteiger partial charge >= 0.3 is 0 Å². The lowest BCUT2D eigenvalue weighted by molar-refractivity contribution is -0.121. The molecule has 0 aliphatic carbocycles. The number of unbranched alkanes of at least 4 members (excludes halogenated alkanes) is 14. The number of nitrogens with one attached hydrogen (secondary N) is 1. The first-order valence-corrected chi connectivity index (χ1v) is 11.7. The Hall–Kier alpha value is -1.38. The molecule has 1 aromatic rings. The summed E-state index contributed by atoms with van der Waals surface area (Å²) in [5.74, 6) is -0.229. The Morgan fingerprint density at radius 3 is 1.71 bits per heavy atom. The Morgan fingerprint density at radius 1 is 0.750 bits per heavy atom. The molecule has 1 N–H and O–H groups in total. The van der Waals surface area contributed by atoms with E-state index in [1.807, 2.05) is 0 Å². The first-order chi connectivity index (χ1) is 13.7. The van der Waals surface area contributed by atoms with Crippen LogP contribution in [0, 0.1) is 5.82 Å². The summed E-state index contributed by atoms with van der Waals surface area (Å²) in [5, 5.41) is 2.81. The molecule has 1 aromatic carbocycles. The predicted octanol–water partition coefficient (Wildman–Crippen LogP) is 7.70. The van der Waals surface area contributed by atoms with E-state index in [1.54, 1.807) is 18.2 Å². The maximum absolute atomic E-state index is 13.5. The third kappa shape index (κ3) is 13.7. The summed E-state index contributed by atoms with van der Waals surface area (Å²) in [5.41, 5.74) is 0.548. The van der Waals surface area contributed by atoms with Crippen LogP contribution in [0.1, 0.15) is 115 Å². The molecular weight excluding hydrogens is 349 g/mol. The molecule has 2 nitrogen and oxygen atoms in total. The average molecular weight is 392 g/mol. The van der Waals surface area contributed by atoms with Gasteiger partial charge in [0.1, 0.15) is 5.82 Å². The summed E-state index contributed by atoms with van der Waals surface area (Å²) in [6.45, 7) is 2.55.